The summed E-state index contributed by atoms with van der Waals surface area (Å²) >= 11 is 0. The summed E-state index contributed by atoms with van der Waals surface area (Å²) < 4.78 is 5.39. The zero-order valence-electron chi connectivity index (χ0n) is 20.8. The van der Waals surface area contributed by atoms with Gasteiger partial charge in [-0.05, 0) is 36.1 Å². The highest BCUT2D eigenvalue weighted by Crippen LogP contribution is 2.26. The highest BCUT2D eigenvalue weighted by atomic mass is 16.5. The number of carboxylic acid groups (broad SMARTS) is 1. The van der Waals surface area contributed by atoms with E-state index in [4.69, 9.17) is 4.74 Å². The fourth-order valence-corrected chi connectivity index (χ4v) is 4.18. The Morgan fingerprint density at radius 2 is 1.86 bits per heavy atom. The molecule has 1 aliphatic heterocycles. The molecule has 0 saturated carbocycles. The third-order valence-electron chi connectivity index (χ3n) is 6.11. The molecule has 1 fully saturated rings. The minimum absolute atomic E-state index is 0.0552. The Morgan fingerprint density at radius 1 is 1.08 bits per heavy atom. The average Bonchev–Trinajstić information content (AvgIpc) is 2.92. The Labute approximate surface area is 217 Å². The minimum atomic E-state index is -1.05. The number of carbonyl (C=O) groups is 3. The molecule has 0 aromatic heterocycles. The van der Waals surface area contributed by atoms with E-state index in [2.05, 4.69) is 23.8 Å². The van der Waals surface area contributed by atoms with Crippen molar-refractivity contribution in [1.29, 1.82) is 0 Å². The molecule has 9 heteroatoms. The smallest absolute Gasteiger partial charge is 0.407 e. The Bertz CT molecular complexity index is 1090. The van der Waals surface area contributed by atoms with E-state index in [0.717, 1.165) is 16.8 Å². The molecule has 0 radical (unpaired) electrons. The summed E-state index contributed by atoms with van der Waals surface area (Å²) in [4.78, 5) is 40.3. The molecule has 2 aromatic carbocycles. The van der Waals surface area contributed by atoms with Crippen LogP contribution in [0, 0.1) is 0 Å². The van der Waals surface area contributed by atoms with Gasteiger partial charge in [0, 0.05) is 25.3 Å². The lowest BCUT2D eigenvalue weighted by molar-refractivity contribution is -0.123. The Balaban J connectivity index is 1.75. The van der Waals surface area contributed by atoms with E-state index in [1.54, 1.807) is 12.2 Å². The van der Waals surface area contributed by atoms with E-state index in [1.807, 2.05) is 59.5 Å². The lowest BCUT2D eigenvalue weighted by atomic mass is 10.0. The number of nitrogens with zero attached hydrogens (tertiary/aromatic N) is 2. The maximum atomic E-state index is 13.0. The van der Waals surface area contributed by atoms with E-state index < -0.39 is 18.2 Å². The number of carbonyl (C=O) groups excluding carboxylic acids is 2. The molecule has 37 heavy (non-hydrogen) atoms. The summed E-state index contributed by atoms with van der Waals surface area (Å²) in [5, 5.41) is 15.3. The van der Waals surface area contributed by atoms with Crippen LogP contribution in [0.2, 0.25) is 0 Å². The first-order chi connectivity index (χ1) is 17.9. The molecule has 0 bridgehead atoms. The first-order valence-corrected chi connectivity index (χ1v) is 12.2. The molecule has 0 aliphatic carbocycles. The van der Waals surface area contributed by atoms with Crippen molar-refractivity contribution in [2.24, 2.45) is 0 Å². The summed E-state index contributed by atoms with van der Waals surface area (Å²) in [5.74, 6) is -0.247. The van der Waals surface area contributed by atoms with Crippen LogP contribution in [0.4, 0.5) is 15.3 Å². The number of hydrogen-bond donors (Lipinski definition) is 3. The molecule has 3 N–H and O–H groups in total. The van der Waals surface area contributed by atoms with E-state index in [0.29, 0.717) is 25.9 Å². The van der Waals surface area contributed by atoms with Crippen LogP contribution >= 0.6 is 0 Å². The molecule has 196 valence electrons. The number of alkyl carbamates (subject to hydrolysis) is 1. The van der Waals surface area contributed by atoms with Crippen LogP contribution in [0.3, 0.4) is 0 Å². The van der Waals surface area contributed by atoms with Gasteiger partial charge >= 0.3 is 12.2 Å². The monoisotopic (exact) mass is 506 g/mol. The van der Waals surface area contributed by atoms with E-state index in [9.17, 15) is 19.5 Å². The number of benzene rings is 2. The van der Waals surface area contributed by atoms with E-state index in [1.165, 1.54) is 4.90 Å². The lowest BCUT2D eigenvalue weighted by Gasteiger charge is -2.41. The van der Waals surface area contributed by atoms with Crippen LogP contribution in [-0.4, -0.2) is 60.3 Å². The fourth-order valence-electron chi connectivity index (χ4n) is 4.18. The maximum Gasteiger partial charge on any atom is 0.407 e. The van der Waals surface area contributed by atoms with Crippen molar-refractivity contribution in [2.75, 3.05) is 31.1 Å². The second kappa shape index (κ2) is 13.7. The van der Waals surface area contributed by atoms with Crippen molar-refractivity contribution in [3.63, 3.8) is 0 Å². The van der Waals surface area contributed by atoms with Gasteiger partial charge in [0.15, 0.2) is 0 Å². The van der Waals surface area contributed by atoms with Gasteiger partial charge in [0.2, 0.25) is 5.91 Å². The van der Waals surface area contributed by atoms with Crippen LogP contribution in [0.5, 0.6) is 0 Å². The normalized spacial score (nSPS) is 15.8. The molecule has 1 saturated heterocycles. The molecular formula is C28H34N4O5. The molecular weight excluding hydrogens is 472 g/mol. The molecule has 0 spiro atoms. The molecule has 1 unspecified atom stereocenters. The Kier molecular flexibility index (Phi) is 10.1. The molecule has 2 atom stereocenters. The predicted molar refractivity (Wildman–Crippen MR) is 142 cm³/mol. The zero-order valence-corrected chi connectivity index (χ0v) is 20.8. The molecule has 3 amide bonds. The quantitative estimate of drug-likeness (QED) is 0.313. The summed E-state index contributed by atoms with van der Waals surface area (Å²) in [5.41, 5.74) is 2.47. The van der Waals surface area contributed by atoms with Gasteiger partial charge in [0.25, 0.3) is 0 Å². The second-order valence-corrected chi connectivity index (χ2v) is 8.68. The molecule has 1 heterocycles. The number of amides is 3. The SMILES string of the molecule is C=CCCNC(=O)[C@H]1CN(C(=O)O)CCN1c1cccc(C(CC=C)NC(=O)OCc2ccccc2)c1. The van der Waals surface area contributed by atoms with Gasteiger partial charge in [-0.25, -0.2) is 9.59 Å². The summed E-state index contributed by atoms with van der Waals surface area (Å²) in [6, 6.07) is 15.9. The first kappa shape index (κ1) is 27.3. The van der Waals surface area contributed by atoms with Crippen LogP contribution in [-0.2, 0) is 16.1 Å². The van der Waals surface area contributed by atoms with Crippen LogP contribution in [0.25, 0.3) is 0 Å². The first-order valence-electron chi connectivity index (χ1n) is 12.2. The van der Waals surface area contributed by atoms with Crippen molar-refractivity contribution in [3.05, 3.63) is 91.0 Å². The van der Waals surface area contributed by atoms with Gasteiger partial charge in [0.1, 0.15) is 12.6 Å². The number of anilines is 1. The van der Waals surface area contributed by atoms with Crippen molar-refractivity contribution in [2.45, 2.75) is 31.5 Å². The van der Waals surface area contributed by atoms with Crippen molar-refractivity contribution >= 4 is 23.8 Å². The summed E-state index contributed by atoms with van der Waals surface area (Å²) in [7, 11) is 0. The fraction of sp³-hybridized carbons (Fsp3) is 0.321. The van der Waals surface area contributed by atoms with Gasteiger partial charge in [-0.15, -0.1) is 13.2 Å². The van der Waals surface area contributed by atoms with Gasteiger partial charge in [0.05, 0.1) is 12.6 Å². The topological polar surface area (TPSA) is 111 Å². The number of rotatable bonds is 11. The van der Waals surface area contributed by atoms with Crippen LogP contribution in [0.15, 0.2) is 79.9 Å². The highest BCUT2D eigenvalue weighted by molar-refractivity contribution is 5.86. The Hall–Kier alpha value is -4.27. The highest BCUT2D eigenvalue weighted by Gasteiger charge is 2.34. The van der Waals surface area contributed by atoms with Gasteiger partial charge in [-0.2, -0.15) is 0 Å². The van der Waals surface area contributed by atoms with Crippen LogP contribution in [0.1, 0.15) is 30.0 Å². The van der Waals surface area contributed by atoms with Gasteiger partial charge < -0.3 is 30.3 Å². The molecule has 1 aliphatic rings. The molecule has 3 rings (SSSR count). The number of ether oxygens (including phenoxy) is 1. The molecule has 9 nitrogen and oxygen atoms in total. The lowest BCUT2D eigenvalue weighted by Crippen LogP contribution is -2.60. The van der Waals surface area contributed by atoms with Crippen molar-refractivity contribution in [1.82, 2.24) is 15.5 Å². The van der Waals surface area contributed by atoms with Gasteiger partial charge in [-0.1, -0.05) is 54.6 Å². The van der Waals surface area contributed by atoms with E-state index >= 15 is 0 Å². The van der Waals surface area contributed by atoms with Gasteiger partial charge in [-0.3, -0.25) is 4.79 Å². The largest absolute Gasteiger partial charge is 0.465 e. The molecule has 2 aromatic rings. The van der Waals surface area contributed by atoms with E-state index in [-0.39, 0.29) is 31.6 Å². The minimum Gasteiger partial charge on any atom is -0.465 e. The van der Waals surface area contributed by atoms with Crippen LogP contribution < -0.4 is 15.5 Å². The Morgan fingerprint density at radius 3 is 2.57 bits per heavy atom. The average molecular weight is 507 g/mol. The predicted octanol–water partition coefficient (Wildman–Crippen LogP) is 4.09. The number of hydrogen-bond acceptors (Lipinski definition) is 5. The number of piperazine rings is 1. The standard InChI is InChI=1S/C28H34N4O5/c1-3-5-15-29-26(33)25-19-31(28(35)36)16-17-32(25)23-14-9-13-22(18-23)24(10-4-2)30-27(34)37-20-21-11-7-6-8-12-21/h3-4,6-9,11-14,18,24-25H,1-2,5,10,15-17,19-20H2,(H,29,33)(H,30,34)(H,35,36)/t24?,25-/m1/s1. The number of nitrogens with one attached hydrogen (secondary N) is 2. The third-order valence-corrected chi connectivity index (χ3v) is 6.11. The van der Waals surface area contributed by atoms with Crippen molar-refractivity contribution < 1.29 is 24.2 Å². The second-order valence-electron chi connectivity index (χ2n) is 8.68. The third kappa shape index (κ3) is 7.86. The zero-order chi connectivity index (χ0) is 26.6. The summed E-state index contributed by atoms with van der Waals surface area (Å²) in [6.07, 6.45) is 2.92. The van der Waals surface area contributed by atoms with Crippen molar-refractivity contribution in [3.8, 4) is 0 Å². The summed E-state index contributed by atoms with van der Waals surface area (Å²) in [6.45, 7) is 8.74. The maximum absolute atomic E-state index is 13.0.